The molecule has 0 spiro atoms. The van der Waals surface area contributed by atoms with Crippen LogP contribution in [0.1, 0.15) is 76.5 Å². The normalized spacial score (nSPS) is 25.1. The largest absolute Gasteiger partial charge is 0.507 e. The minimum Gasteiger partial charge on any atom is -0.507 e. The number of carboxylic acids is 1. The molecule has 0 saturated carbocycles. The summed E-state index contributed by atoms with van der Waals surface area (Å²) < 4.78 is 0. The van der Waals surface area contributed by atoms with Crippen molar-refractivity contribution in [2.24, 2.45) is 5.41 Å². The van der Waals surface area contributed by atoms with Gasteiger partial charge in [-0.15, -0.1) is 0 Å². The highest BCUT2D eigenvalue weighted by Gasteiger charge is 2.60. The average molecular weight is 545 g/mol. The maximum atomic E-state index is 13.8. The summed E-state index contributed by atoms with van der Waals surface area (Å²) in [6, 6.07) is 7.85. The molecule has 0 aromatic heterocycles. The van der Waals surface area contributed by atoms with E-state index in [4.69, 9.17) is 0 Å². The SMILES string of the molecule is Cc1cc(O)c(C(=O)O)c([C@H](O)[C@]23Cc4cc(O)c5c(c4[C@H]2C=C[C@@H](O)[C@H]3O)C(=O)c2cccc(O)c2C5=O)c1. The molecular formula is C30H24O10. The van der Waals surface area contributed by atoms with Gasteiger partial charge in [-0.3, -0.25) is 9.59 Å². The van der Waals surface area contributed by atoms with Gasteiger partial charge in [0.05, 0.1) is 29.4 Å². The number of allylic oxidation sites excluding steroid dienone is 1. The molecule has 7 N–H and O–H groups in total. The molecule has 0 unspecified atom stereocenters. The first-order valence-electron chi connectivity index (χ1n) is 12.5. The van der Waals surface area contributed by atoms with Gasteiger partial charge >= 0.3 is 5.97 Å². The minimum absolute atomic E-state index is 0.0829. The molecule has 3 aliphatic rings. The Balaban J connectivity index is 1.63. The van der Waals surface area contributed by atoms with Crippen LogP contribution in [0.3, 0.4) is 0 Å². The molecule has 0 aliphatic heterocycles. The summed E-state index contributed by atoms with van der Waals surface area (Å²) in [6.45, 7) is 1.58. The maximum absolute atomic E-state index is 13.8. The van der Waals surface area contributed by atoms with Crippen molar-refractivity contribution in [1.29, 1.82) is 0 Å². The number of benzene rings is 3. The molecule has 0 radical (unpaired) electrons. The number of hydrogen-bond donors (Lipinski definition) is 7. The number of aliphatic hydroxyl groups is 3. The van der Waals surface area contributed by atoms with Gasteiger partial charge in [-0.05, 0) is 53.8 Å². The van der Waals surface area contributed by atoms with Crippen LogP contribution < -0.4 is 0 Å². The Morgan fingerprint density at radius 1 is 0.925 bits per heavy atom. The van der Waals surface area contributed by atoms with Crippen LogP contribution in [0, 0.1) is 12.3 Å². The molecule has 0 saturated heterocycles. The van der Waals surface area contributed by atoms with Crippen molar-refractivity contribution in [3.05, 3.63) is 98.6 Å². The number of aliphatic hydroxyl groups excluding tert-OH is 3. The fourth-order valence-corrected chi connectivity index (χ4v) is 6.82. The predicted molar refractivity (Wildman–Crippen MR) is 138 cm³/mol. The number of carboxylic acid groups (broad SMARTS) is 1. The second-order valence-corrected chi connectivity index (χ2v) is 10.6. The van der Waals surface area contributed by atoms with Crippen molar-refractivity contribution in [2.75, 3.05) is 0 Å². The van der Waals surface area contributed by atoms with E-state index in [9.17, 15) is 50.1 Å². The zero-order valence-electron chi connectivity index (χ0n) is 21.0. The number of aromatic carboxylic acids is 1. The van der Waals surface area contributed by atoms with E-state index in [2.05, 4.69) is 0 Å². The number of hydrogen-bond acceptors (Lipinski definition) is 9. The summed E-state index contributed by atoms with van der Waals surface area (Å²) >= 11 is 0. The van der Waals surface area contributed by atoms with Crippen LogP contribution in [0.5, 0.6) is 17.2 Å². The van der Waals surface area contributed by atoms with Crippen LogP contribution in [-0.4, -0.2) is 65.5 Å². The molecule has 6 rings (SSSR count). The Morgan fingerprint density at radius 3 is 2.35 bits per heavy atom. The van der Waals surface area contributed by atoms with Crippen molar-refractivity contribution >= 4 is 17.5 Å². The highest BCUT2D eigenvalue weighted by molar-refractivity contribution is 6.31. The lowest BCUT2D eigenvalue weighted by Gasteiger charge is -2.46. The number of aryl methyl sites for hydroxylation is 1. The van der Waals surface area contributed by atoms with E-state index in [0.717, 1.165) is 0 Å². The van der Waals surface area contributed by atoms with Gasteiger partial charge in [0.15, 0.2) is 5.78 Å². The zero-order chi connectivity index (χ0) is 28.8. The molecular weight excluding hydrogens is 520 g/mol. The number of carbonyl (C=O) groups is 3. The van der Waals surface area contributed by atoms with Crippen molar-refractivity contribution < 1.29 is 50.1 Å². The third-order valence-electron chi connectivity index (χ3n) is 8.47. The van der Waals surface area contributed by atoms with Crippen molar-refractivity contribution in [3.63, 3.8) is 0 Å². The van der Waals surface area contributed by atoms with E-state index < -0.39 is 70.0 Å². The first-order chi connectivity index (χ1) is 18.9. The van der Waals surface area contributed by atoms with Crippen LogP contribution in [-0.2, 0) is 6.42 Å². The number of rotatable bonds is 3. The molecule has 3 aromatic carbocycles. The Hall–Kier alpha value is -4.51. The summed E-state index contributed by atoms with van der Waals surface area (Å²) in [5, 5.41) is 75.6. The van der Waals surface area contributed by atoms with E-state index >= 15 is 0 Å². The fourth-order valence-electron chi connectivity index (χ4n) is 6.82. The maximum Gasteiger partial charge on any atom is 0.339 e. The quantitative estimate of drug-likeness (QED) is 0.188. The highest BCUT2D eigenvalue weighted by Crippen LogP contribution is 2.62. The van der Waals surface area contributed by atoms with Crippen LogP contribution in [0.2, 0.25) is 0 Å². The Labute approximate surface area is 226 Å². The second kappa shape index (κ2) is 8.49. The molecule has 204 valence electrons. The summed E-state index contributed by atoms with van der Waals surface area (Å²) in [5.74, 6) is -5.55. The lowest BCUT2D eigenvalue weighted by molar-refractivity contribution is -0.119. The molecule has 10 nitrogen and oxygen atoms in total. The number of fused-ring (bicyclic) bond motifs is 6. The molecule has 0 bridgehead atoms. The molecule has 10 heteroatoms. The Morgan fingerprint density at radius 2 is 1.65 bits per heavy atom. The van der Waals surface area contributed by atoms with Gasteiger partial charge < -0.3 is 35.7 Å². The van der Waals surface area contributed by atoms with Crippen molar-refractivity contribution in [2.45, 2.75) is 37.6 Å². The van der Waals surface area contributed by atoms with Crippen LogP contribution in [0.4, 0.5) is 0 Å². The van der Waals surface area contributed by atoms with E-state index in [-0.39, 0.29) is 39.8 Å². The lowest BCUT2D eigenvalue weighted by atomic mass is 9.61. The molecule has 40 heavy (non-hydrogen) atoms. The first-order valence-corrected chi connectivity index (χ1v) is 12.5. The zero-order valence-corrected chi connectivity index (χ0v) is 21.0. The highest BCUT2D eigenvalue weighted by atomic mass is 16.4. The standard InChI is InChI=1S/C30H24O10/c1-11-7-14(22(29(39)40)18(33)8-11)27(37)30-10-12-9-19(34)23-24(20(12)15(30)5-6-17(32)28(30)38)25(35)13-3-2-4-16(31)21(13)26(23)36/h2-9,15,17,27-28,31-34,37-38H,10H2,1H3,(H,39,40)/t15-,17-,27+,28-,30+/m1/s1. The van der Waals surface area contributed by atoms with E-state index in [1.165, 1.54) is 48.6 Å². The van der Waals surface area contributed by atoms with Gasteiger partial charge in [0.25, 0.3) is 0 Å². The molecule has 0 amide bonds. The van der Waals surface area contributed by atoms with Gasteiger partial charge in [-0.1, -0.05) is 30.4 Å². The van der Waals surface area contributed by atoms with Crippen LogP contribution in [0.15, 0.2) is 48.6 Å². The number of phenols is 3. The third-order valence-corrected chi connectivity index (χ3v) is 8.47. The van der Waals surface area contributed by atoms with E-state index in [0.29, 0.717) is 11.1 Å². The fraction of sp³-hybridized carbons (Fsp3) is 0.233. The molecule has 3 aromatic rings. The van der Waals surface area contributed by atoms with Gasteiger partial charge in [0.2, 0.25) is 5.78 Å². The summed E-state index contributed by atoms with van der Waals surface area (Å²) in [4.78, 5) is 39.4. The van der Waals surface area contributed by atoms with Gasteiger partial charge in [-0.25, -0.2) is 4.79 Å². The molecule has 0 heterocycles. The number of carbonyl (C=O) groups excluding carboxylic acids is 2. The average Bonchev–Trinajstić information content (AvgIpc) is 3.22. The summed E-state index contributed by atoms with van der Waals surface area (Å²) in [7, 11) is 0. The number of ketones is 2. The van der Waals surface area contributed by atoms with Crippen LogP contribution >= 0.6 is 0 Å². The molecule has 5 atom stereocenters. The summed E-state index contributed by atoms with van der Waals surface area (Å²) in [5.41, 5.74) is -2.42. The van der Waals surface area contributed by atoms with E-state index in [1.54, 1.807) is 6.92 Å². The summed E-state index contributed by atoms with van der Waals surface area (Å²) in [6.07, 6.45) is -2.41. The second-order valence-electron chi connectivity index (χ2n) is 10.6. The van der Waals surface area contributed by atoms with Crippen LogP contribution in [0.25, 0.3) is 0 Å². The predicted octanol–water partition coefficient (Wildman–Crippen LogP) is 2.24. The molecule has 0 fully saturated rings. The first kappa shape index (κ1) is 25.8. The smallest absolute Gasteiger partial charge is 0.339 e. The third kappa shape index (κ3) is 3.18. The van der Waals surface area contributed by atoms with Crippen molar-refractivity contribution in [3.8, 4) is 17.2 Å². The minimum atomic E-state index is -1.79. The van der Waals surface area contributed by atoms with Gasteiger partial charge in [0.1, 0.15) is 22.8 Å². The number of phenolic OH excluding ortho intramolecular Hbond substituents is 2. The van der Waals surface area contributed by atoms with E-state index in [1.807, 2.05) is 0 Å². The lowest BCUT2D eigenvalue weighted by Crippen LogP contribution is -2.51. The number of aromatic hydroxyl groups is 3. The molecule has 3 aliphatic carbocycles. The Bertz CT molecular complexity index is 1700. The Kier molecular flexibility index (Phi) is 5.47. The van der Waals surface area contributed by atoms with Crippen molar-refractivity contribution in [1.82, 2.24) is 0 Å². The topological polar surface area (TPSA) is 193 Å². The van der Waals surface area contributed by atoms with Gasteiger partial charge in [-0.2, -0.15) is 0 Å². The monoisotopic (exact) mass is 544 g/mol. The van der Waals surface area contributed by atoms with Gasteiger partial charge in [0, 0.05) is 22.5 Å².